The Labute approximate surface area is 225 Å². The molecule has 0 unspecified atom stereocenters. The minimum atomic E-state index is -1.30. The summed E-state index contributed by atoms with van der Waals surface area (Å²) in [4.78, 5) is 32.7. The van der Waals surface area contributed by atoms with E-state index in [0.717, 1.165) is 34.9 Å². The topological polar surface area (TPSA) is 62.3 Å². The van der Waals surface area contributed by atoms with E-state index in [0.29, 0.717) is 11.1 Å². The molecule has 1 saturated carbocycles. The highest BCUT2D eigenvalue weighted by Gasteiger charge is 2.40. The SMILES string of the molecule is O=C(N[C@@H](c1ccccc1)c1ccc(C2CC2)c(F)c1)[C@@H]1C[C@@H](F)CN1C(=O)Cc1cccc2ncccc12. The van der Waals surface area contributed by atoms with Crippen LogP contribution in [-0.2, 0) is 16.0 Å². The first-order chi connectivity index (χ1) is 19.0. The molecule has 0 bridgehead atoms. The number of pyridine rings is 1. The molecular weight excluding hydrogens is 496 g/mol. The van der Waals surface area contributed by atoms with Crippen LogP contribution < -0.4 is 5.32 Å². The molecule has 2 fully saturated rings. The Hall–Kier alpha value is -4.13. The fourth-order valence-electron chi connectivity index (χ4n) is 5.59. The third kappa shape index (κ3) is 5.26. The van der Waals surface area contributed by atoms with Gasteiger partial charge in [-0.25, -0.2) is 8.78 Å². The molecule has 1 aliphatic heterocycles. The number of nitrogens with one attached hydrogen (secondary N) is 1. The number of hydrogen-bond donors (Lipinski definition) is 1. The van der Waals surface area contributed by atoms with Crippen molar-refractivity contribution < 1.29 is 18.4 Å². The van der Waals surface area contributed by atoms with Crippen LogP contribution in [0, 0.1) is 5.82 Å². The number of fused-ring (bicyclic) bond motifs is 1. The van der Waals surface area contributed by atoms with E-state index in [1.807, 2.05) is 66.7 Å². The summed E-state index contributed by atoms with van der Waals surface area (Å²) in [5.74, 6) is -0.788. The van der Waals surface area contributed by atoms with E-state index in [-0.39, 0.29) is 37.0 Å². The highest BCUT2D eigenvalue weighted by atomic mass is 19.1. The number of halogens is 2. The molecule has 1 aromatic heterocycles. The van der Waals surface area contributed by atoms with Gasteiger partial charge >= 0.3 is 0 Å². The molecule has 0 spiro atoms. The fourth-order valence-corrected chi connectivity index (χ4v) is 5.59. The summed E-state index contributed by atoms with van der Waals surface area (Å²) >= 11 is 0. The molecule has 1 saturated heterocycles. The zero-order valence-electron chi connectivity index (χ0n) is 21.4. The van der Waals surface area contributed by atoms with Crippen molar-refractivity contribution in [1.82, 2.24) is 15.2 Å². The summed E-state index contributed by atoms with van der Waals surface area (Å²) in [6.07, 6.45) is 2.32. The van der Waals surface area contributed by atoms with E-state index in [9.17, 15) is 18.4 Å². The van der Waals surface area contributed by atoms with Gasteiger partial charge in [-0.15, -0.1) is 0 Å². The van der Waals surface area contributed by atoms with Crippen LogP contribution in [0.1, 0.15) is 53.5 Å². The van der Waals surface area contributed by atoms with Gasteiger partial charge < -0.3 is 10.2 Å². The number of rotatable bonds is 7. The van der Waals surface area contributed by atoms with Gasteiger partial charge in [0.05, 0.1) is 24.5 Å². The lowest BCUT2D eigenvalue weighted by atomic mass is 9.96. The molecule has 3 aromatic carbocycles. The van der Waals surface area contributed by atoms with Crippen LogP contribution in [0.25, 0.3) is 10.9 Å². The Morgan fingerprint density at radius 1 is 0.974 bits per heavy atom. The minimum Gasteiger partial charge on any atom is -0.343 e. The summed E-state index contributed by atoms with van der Waals surface area (Å²) in [5.41, 5.74) is 3.63. The molecule has 198 valence electrons. The number of carbonyl (C=O) groups excluding carboxylic acids is 2. The quantitative estimate of drug-likeness (QED) is 0.340. The molecule has 2 amide bonds. The molecular formula is C32H29F2N3O2. The average Bonchev–Trinajstić information content (AvgIpc) is 3.72. The van der Waals surface area contributed by atoms with Crippen molar-refractivity contribution in [2.45, 2.75) is 49.9 Å². The van der Waals surface area contributed by atoms with E-state index in [2.05, 4.69) is 10.3 Å². The Morgan fingerprint density at radius 3 is 2.56 bits per heavy atom. The van der Waals surface area contributed by atoms with Crippen molar-refractivity contribution in [3.8, 4) is 0 Å². The Kier molecular flexibility index (Phi) is 6.81. The largest absolute Gasteiger partial charge is 0.343 e. The Morgan fingerprint density at radius 2 is 1.79 bits per heavy atom. The second kappa shape index (κ2) is 10.6. The van der Waals surface area contributed by atoms with Gasteiger partial charge in [0.15, 0.2) is 0 Å². The fraction of sp³-hybridized carbons (Fsp3) is 0.281. The van der Waals surface area contributed by atoms with Crippen LogP contribution in [0.3, 0.4) is 0 Å². The predicted molar refractivity (Wildman–Crippen MR) is 145 cm³/mol. The number of benzene rings is 3. The number of nitrogens with zero attached hydrogens (tertiary/aromatic N) is 2. The van der Waals surface area contributed by atoms with Crippen molar-refractivity contribution in [2.24, 2.45) is 0 Å². The van der Waals surface area contributed by atoms with E-state index in [1.165, 1.54) is 11.0 Å². The van der Waals surface area contributed by atoms with E-state index >= 15 is 0 Å². The van der Waals surface area contributed by atoms with E-state index in [1.54, 1.807) is 12.3 Å². The molecule has 2 aliphatic rings. The molecule has 1 N–H and O–H groups in total. The first-order valence-electron chi connectivity index (χ1n) is 13.4. The number of alkyl halides is 1. The first kappa shape index (κ1) is 25.2. The molecule has 1 aliphatic carbocycles. The molecule has 3 atom stereocenters. The van der Waals surface area contributed by atoms with Gasteiger partial charge in [-0.3, -0.25) is 14.6 Å². The maximum Gasteiger partial charge on any atom is 0.243 e. The minimum absolute atomic E-state index is 0.0372. The Balaban J connectivity index is 1.25. The molecule has 39 heavy (non-hydrogen) atoms. The number of likely N-dealkylation sites (tertiary alicyclic amines) is 1. The molecule has 5 nitrogen and oxygen atoms in total. The molecule has 7 heteroatoms. The number of aromatic nitrogens is 1. The van der Waals surface area contributed by atoms with Gasteiger partial charge in [0.1, 0.15) is 18.0 Å². The monoisotopic (exact) mass is 525 g/mol. The van der Waals surface area contributed by atoms with E-state index < -0.39 is 24.2 Å². The average molecular weight is 526 g/mol. The maximum atomic E-state index is 15.0. The highest BCUT2D eigenvalue weighted by Crippen LogP contribution is 2.42. The maximum absolute atomic E-state index is 15.0. The standard InChI is InChI=1S/C32H29F2N3O2/c33-24-18-29(37(19-24)30(38)17-22-8-4-10-28-26(22)9-5-15-35-28)32(39)36-31(21-6-2-1-3-7-21)23-13-14-25(20-11-12-20)27(34)16-23/h1-10,13-16,20,24,29,31H,11-12,17-19H2,(H,36,39)/t24-,29+,31+/m1/s1. The van der Waals surface area contributed by atoms with Gasteiger partial charge in [-0.2, -0.15) is 0 Å². The van der Waals surface area contributed by atoms with Gasteiger partial charge in [0, 0.05) is 18.0 Å². The number of carbonyl (C=O) groups is 2. The van der Waals surface area contributed by atoms with Crippen LogP contribution in [0.2, 0.25) is 0 Å². The molecule has 4 aromatic rings. The van der Waals surface area contributed by atoms with E-state index in [4.69, 9.17) is 0 Å². The molecule has 2 heterocycles. The van der Waals surface area contributed by atoms with Crippen molar-refractivity contribution >= 4 is 22.7 Å². The number of hydrogen-bond acceptors (Lipinski definition) is 3. The van der Waals surface area contributed by atoms with Crippen LogP contribution in [0.5, 0.6) is 0 Å². The summed E-state index contributed by atoms with van der Waals surface area (Å²) in [6, 6.07) is 22.1. The predicted octanol–water partition coefficient (Wildman–Crippen LogP) is 5.64. The van der Waals surface area contributed by atoms with Gasteiger partial charge in [-0.1, -0.05) is 60.7 Å². The smallest absolute Gasteiger partial charge is 0.243 e. The highest BCUT2D eigenvalue weighted by molar-refractivity contribution is 5.92. The van der Waals surface area contributed by atoms with Crippen molar-refractivity contribution in [1.29, 1.82) is 0 Å². The van der Waals surface area contributed by atoms with Crippen molar-refractivity contribution in [3.63, 3.8) is 0 Å². The second-order valence-electron chi connectivity index (χ2n) is 10.5. The lowest BCUT2D eigenvalue weighted by Crippen LogP contribution is -2.47. The molecule has 0 radical (unpaired) electrons. The van der Waals surface area contributed by atoms with Crippen LogP contribution in [-0.4, -0.2) is 40.5 Å². The normalized spacial score (nSPS) is 19.7. The summed E-state index contributed by atoms with van der Waals surface area (Å²) in [7, 11) is 0. The van der Waals surface area contributed by atoms with Gasteiger partial charge in [0.25, 0.3) is 0 Å². The Bertz CT molecular complexity index is 1520. The van der Waals surface area contributed by atoms with Gasteiger partial charge in [0.2, 0.25) is 11.8 Å². The second-order valence-corrected chi connectivity index (χ2v) is 10.5. The van der Waals surface area contributed by atoms with Crippen LogP contribution >= 0.6 is 0 Å². The van der Waals surface area contributed by atoms with Crippen molar-refractivity contribution in [2.75, 3.05) is 6.54 Å². The summed E-state index contributed by atoms with van der Waals surface area (Å²) in [5, 5.41) is 3.86. The zero-order valence-corrected chi connectivity index (χ0v) is 21.4. The van der Waals surface area contributed by atoms with Crippen LogP contribution in [0.4, 0.5) is 8.78 Å². The third-order valence-corrected chi connectivity index (χ3v) is 7.75. The zero-order chi connectivity index (χ0) is 26.9. The number of amides is 2. The summed E-state index contributed by atoms with van der Waals surface area (Å²) in [6.45, 7) is -0.138. The lowest BCUT2D eigenvalue weighted by Gasteiger charge is -2.27. The van der Waals surface area contributed by atoms with Crippen molar-refractivity contribution in [3.05, 3.63) is 113 Å². The third-order valence-electron chi connectivity index (χ3n) is 7.75. The first-order valence-corrected chi connectivity index (χ1v) is 13.4. The van der Waals surface area contributed by atoms with Gasteiger partial charge in [-0.05, 0) is 59.2 Å². The molecule has 6 rings (SSSR count). The lowest BCUT2D eigenvalue weighted by molar-refractivity contribution is -0.138. The van der Waals surface area contributed by atoms with Crippen LogP contribution in [0.15, 0.2) is 85.1 Å². The summed E-state index contributed by atoms with van der Waals surface area (Å²) < 4.78 is 29.6.